The first-order valence-electron chi connectivity index (χ1n) is 4.91. The second-order valence-corrected chi connectivity index (χ2v) is 4.77. The highest BCUT2D eigenvalue weighted by Crippen LogP contribution is 2.59. The molecule has 2 unspecified atom stereocenters. The van der Waals surface area contributed by atoms with Crippen LogP contribution in [0.1, 0.15) is 39.5 Å². The Morgan fingerprint density at radius 2 is 2.00 bits per heavy atom. The molecule has 2 bridgehead atoms. The van der Waals surface area contributed by atoms with Crippen LogP contribution < -0.4 is 5.73 Å². The standard InChI is InChI=1S/C10H19N/c1-7-3-4-9-5-10(7,6-9)8(2)11/h7-9H,3-6,11H2,1-2H3. The van der Waals surface area contributed by atoms with Crippen LogP contribution in [0, 0.1) is 17.3 Å². The van der Waals surface area contributed by atoms with E-state index in [1.165, 1.54) is 25.7 Å². The second-order valence-electron chi connectivity index (χ2n) is 4.77. The third kappa shape index (κ3) is 0.868. The molecule has 0 amide bonds. The maximum absolute atomic E-state index is 6.03. The van der Waals surface area contributed by atoms with Crippen LogP contribution >= 0.6 is 0 Å². The largest absolute Gasteiger partial charge is 0.327 e. The highest BCUT2D eigenvalue weighted by atomic mass is 14.7. The molecular formula is C10H19N. The summed E-state index contributed by atoms with van der Waals surface area (Å²) in [6, 6.07) is 0.425. The summed E-state index contributed by atoms with van der Waals surface area (Å²) in [5, 5.41) is 0. The Kier molecular flexibility index (Phi) is 1.54. The molecule has 0 spiro atoms. The van der Waals surface area contributed by atoms with Crippen LogP contribution in [0.2, 0.25) is 0 Å². The second kappa shape index (κ2) is 2.22. The molecule has 1 heteroatoms. The van der Waals surface area contributed by atoms with Crippen molar-refractivity contribution in [1.82, 2.24) is 0 Å². The van der Waals surface area contributed by atoms with E-state index in [1.807, 2.05) is 0 Å². The van der Waals surface area contributed by atoms with Crippen LogP contribution in [0.3, 0.4) is 0 Å². The van der Waals surface area contributed by atoms with E-state index in [0.29, 0.717) is 11.5 Å². The zero-order valence-corrected chi connectivity index (χ0v) is 7.64. The van der Waals surface area contributed by atoms with Crippen LogP contribution in [0.5, 0.6) is 0 Å². The van der Waals surface area contributed by atoms with Crippen molar-refractivity contribution >= 4 is 0 Å². The number of rotatable bonds is 1. The Labute approximate surface area is 69.4 Å². The van der Waals surface area contributed by atoms with Crippen molar-refractivity contribution in [3.63, 3.8) is 0 Å². The minimum absolute atomic E-state index is 0.425. The summed E-state index contributed by atoms with van der Waals surface area (Å²) in [5.41, 5.74) is 6.59. The van der Waals surface area contributed by atoms with E-state index in [2.05, 4.69) is 13.8 Å². The summed E-state index contributed by atoms with van der Waals surface area (Å²) in [6.07, 6.45) is 5.74. The molecule has 0 aromatic rings. The summed E-state index contributed by atoms with van der Waals surface area (Å²) in [4.78, 5) is 0. The number of hydrogen-bond donors (Lipinski definition) is 1. The van der Waals surface area contributed by atoms with Crippen LogP contribution in [-0.2, 0) is 0 Å². The number of fused-ring (bicyclic) bond motifs is 2. The molecule has 3 saturated carbocycles. The zero-order chi connectivity index (χ0) is 8.06. The molecule has 11 heavy (non-hydrogen) atoms. The van der Waals surface area contributed by atoms with E-state index < -0.39 is 0 Å². The number of nitrogens with two attached hydrogens (primary N) is 1. The lowest BCUT2D eigenvalue weighted by Crippen LogP contribution is -2.56. The van der Waals surface area contributed by atoms with Crippen molar-refractivity contribution in [2.75, 3.05) is 0 Å². The minimum Gasteiger partial charge on any atom is -0.327 e. The first kappa shape index (κ1) is 7.60. The van der Waals surface area contributed by atoms with Gasteiger partial charge in [0.2, 0.25) is 0 Å². The average Bonchev–Trinajstić information content (AvgIpc) is 1.84. The highest BCUT2D eigenvalue weighted by molar-refractivity contribution is 5.04. The van der Waals surface area contributed by atoms with E-state index in [4.69, 9.17) is 5.73 Å². The van der Waals surface area contributed by atoms with Crippen molar-refractivity contribution in [2.45, 2.75) is 45.6 Å². The van der Waals surface area contributed by atoms with Gasteiger partial charge >= 0.3 is 0 Å². The summed E-state index contributed by atoms with van der Waals surface area (Å²) in [7, 11) is 0. The average molecular weight is 153 g/mol. The van der Waals surface area contributed by atoms with Gasteiger partial charge in [0.05, 0.1) is 0 Å². The summed E-state index contributed by atoms with van der Waals surface area (Å²) < 4.78 is 0. The fraction of sp³-hybridized carbons (Fsp3) is 1.00. The molecule has 64 valence electrons. The van der Waals surface area contributed by atoms with Gasteiger partial charge in [0.15, 0.2) is 0 Å². The molecule has 0 saturated heterocycles. The Bertz CT molecular complexity index is 156. The van der Waals surface area contributed by atoms with Gasteiger partial charge in [-0.3, -0.25) is 0 Å². The molecule has 0 aliphatic heterocycles. The minimum atomic E-state index is 0.425. The third-order valence-electron chi connectivity index (χ3n) is 4.23. The van der Waals surface area contributed by atoms with Gasteiger partial charge in [0.1, 0.15) is 0 Å². The predicted molar refractivity (Wildman–Crippen MR) is 47.2 cm³/mol. The summed E-state index contributed by atoms with van der Waals surface area (Å²) >= 11 is 0. The Morgan fingerprint density at radius 3 is 2.36 bits per heavy atom. The first-order chi connectivity index (χ1) is 5.15. The van der Waals surface area contributed by atoms with Crippen LogP contribution in [0.15, 0.2) is 0 Å². The van der Waals surface area contributed by atoms with E-state index in [0.717, 1.165) is 11.8 Å². The van der Waals surface area contributed by atoms with Crippen molar-refractivity contribution in [3.8, 4) is 0 Å². The maximum atomic E-state index is 6.03. The van der Waals surface area contributed by atoms with E-state index in [-0.39, 0.29) is 0 Å². The highest BCUT2D eigenvalue weighted by Gasteiger charge is 2.52. The van der Waals surface area contributed by atoms with Gasteiger partial charge in [-0.2, -0.15) is 0 Å². The van der Waals surface area contributed by atoms with Gasteiger partial charge in [-0.25, -0.2) is 0 Å². The maximum Gasteiger partial charge on any atom is 0.00697 e. The Hall–Kier alpha value is -0.0400. The van der Waals surface area contributed by atoms with E-state index in [1.54, 1.807) is 0 Å². The smallest absolute Gasteiger partial charge is 0.00697 e. The van der Waals surface area contributed by atoms with E-state index >= 15 is 0 Å². The molecule has 3 rings (SSSR count). The predicted octanol–water partition coefficient (Wildman–Crippen LogP) is 2.16. The van der Waals surface area contributed by atoms with Crippen molar-refractivity contribution < 1.29 is 0 Å². The van der Waals surface area contributed by atoms with Gasteiger partial charge in [-0.1, -0.05) is 13.3 Å². The molecule has 2 N–H and O–H groups in total. The molecule has 0 aromatic heterocycles. The molecule has 0 aromatic carbocycles. The molecule has 1 nitrogen and oxygen atoms in total. The normalized spacial score (nSPS) is 51.5. The van der Waals surface area contributed by atoms with Gasteiger partial charge in [0.25, 0.3) is 0 Å². The lowest BCUT2D eigenvalue weighted by molar-refractivity contribution is -0.0709. The van der Waals surface area contributed by atoms with Gasteiger partial charge in [-0.15, -0.1) is 0 Å². The number of hydrogen-bond acceptors (Lipinski definition) is 1. The van der Waals surface area contributed by atoms with Gasteiger partial charge in [-0.05, 0) is 43.4 Å². The topological polar surface area (TPSA) is 26.0 Å². The first-order valence-corrected chi connectivity index (χ1v) is 4.91. The SMILES string of the molecule is CC(N)C12CC(CCC1C)C2. The van der Waals surface area contributed by atoms with Gasteiger partial charge in [0, 0.05) is 6.04 Å². The van der Waals surface area contributed by atoms with Crippen molar-refractivity contribution in [2.24, 2.45) is 23.0 Å². The fourth-order valence-electron chi connectivity index (χ4n) is 3.22. The van der Waals surface area contributed by atoms with Crippen molar-refractivity contribution in [3.05, 3.63) is 0 Å². The summed E-state index contributed by atoms with van der Waals surface area (Å²) in [5.74, 6) is 1.92. The van der Waals surface area contributed by atoms with Crippen molar-refractivity contribution in [1.29, 1.82) is 0 Å². The van der Waals surface area contributed by atoms with E-state index in [9.17, 15) is 0 Å². The molecule has 2 atom stereocenters. The molecule has 0 radical (unpaired) electrons. The molecule has 0 heterocycles. The summed E-state index contributed by atoms with van der Waals surface area (Å²) in [6.45, 7) is 4.58. The van der Waals surface area contributed by atoms with Crippen LogP contribution in [0.25, 0.3) is 0 Å². The monoisotopic (exact) mass is 153 g/mol. The third-order valence-corrected chi connectivity index (χ3v) is 4.23. The van der Waals surface area contributed by atoms with Crippen LogP contribution in [0.4, 0.5) is 0 Å². The Morgan fingerprint density at radius 1 is 1.36 bits per heavy atom. The molecular weight excluding hydrogens is 134 g/mol. The molecule has 3 fully saturated rings. The lowest BCUT2D eigenvalue weighted by Gasteiger charge is -2.59. The molecule has 3 aliphatic rings. The zero-order valence-electron chi connectivity index (χ0n) is 7.64. The van der Waals surface area contributed by atoms with Crippen LogP contribution in [-0.4, -0.2) is 6.04 Å². The molecule has 3 aliphatic carbocycles. The fourth-order valence-corrected chi connectivity index (χ4v) is 3.22. The Balaban J connectivity index is 2.13. The van der Waals surface area contributed by atoms with Gasteiger partial charge < -0.3 is 5.73 Å². The lowest BCUT2D eigenvalue weighted by atomic mass is 9.47. The quantitative estimate of drug-likeness (QED) is 0.614.